The first-order valence-corrected chi connectivity index (χ1v) is 5.26. The molecule has 0 heterocycles. The Balaban J connectivity index is 0.00000324. The summed E-state index contributed by atoms with van der Waals surface area (Å²) in [4.78, 5) is 11.3. The van der Waals surface area contributed by atoms with Gasteiger partial charge in [-0.3, -0.25) is 4.79 Å². The van der Waals surface area contributed by atoms with Crippen LogP contribution in [0.1, 0.15) is 0 Å². The minimum atomic E-state index is -4.30. The van der Waals surface area contributed by atoms with Gasteiger partial charge < -0.3 is 16.0 Å². The first kappa shape index (κ1) is 17.5. The van der Waals surface area contributed by atoms with Crippen molar-refractivity contribution in [1.29, 1.82) is 0 Å². The average Bonchev–Trinajstić information content (AvgIpc) is 2.27. The molecule has 1 rings (SSSR count). The molecule has 0 saturated heterocycles. The molecule has 19 heavy (non-hydrogen) atoms. The molecular weight excluding hydrogens is 283 g/mol. The highest BCUT2D eigenvalue weighted by Crippen LogP contribution is 2.23. The predicted molar refractivity (Wildman–Crippen MR) is 70.8 cm³/mol. The Kier molecular flexibility index (Phi) is 7.25. The normalized spacial score (nSPS) is 10.5. The van der Waals surface area contributed by atoms with E-state index in [2.05, 4.69) is 16.0 Å². The van der Waals surface area contributed by atoms with Crippen LogP contribution in [0.5, 0.6) is 0 Å². The van der Waals surface area contributed by atoms with E-state index >= 15 is 0 Å². The highest BCUT2D eigenvalue weighted by atomic mass is 35.5. The minimum absolute atomic E-state index is 0. The van der Waals surface area contributed by atoms with E-state index in [9.17, 15) is 18.0 Å². The molecule has 0 saturated carbocycles. The van der Waals surface area contributed by atoms with Gasteiger partial charge in [-0.25, -0.2) is 0 Å². The summed E-state index contributed by atoms with van der Waals surface area (Å²) in [5.41, 5.74) is 0.557. The first-order chi connectivity index (χ1) is 8.42. The summed E-state index contributed by atoms with van der Waals surface area (Å²) in [5, 5.41) is 7.41. The number of carbonyl (C=O) groups excluding carboxylic acids is 1. The topological polar surface area (TPSA) is 53.2 Å². The van der Waals surface area contributed by atoms with Crippen molar-refractivity contribution in [3.8, 4) is 0 Å². The lowest BCUT2D eigenvalue weighted by Gasteiger charge is -2.14. The van der Waals surface area contributed by atoms with Crippen LogP contribution in [0.3, 0.4) is 0 Å². The number of amides is 1. The van der Waals surface area contributed by atoms with Crippen LogP contribution >= 0.6 is 12.4 Å². The van der Waals surface area contributed by atoms with E-state index in [1.807, 2.05) is 0 Å². The van der Waals surface area contributed by atoms with Crippen LogP contribution in [-0.4, -0.2) is 32.2 Å². The molecule has 0 unspecified atom stereocenters. The molecule has 0 aliphatic carbocycles. The van der Waals surface area contributed by atoms with E-state index in [0.29, 0.717) is 5.69 Å². The first-order valence-electron chi connectivity index (χ1n) is 5.26. The number of benzene rings is 1. The lowest BCUT2D eigenvalue weighted by Crippen LogP contribution is -2.26. The molecule has 0 radical (unpaired) electrons. The van der Waals surface area contributed by atoms with Gasteiger partial charge in [0, 0.05) is 0 Å². The second-order valence-electron chi connectivity index (χ2n) is 3.59. The fourth-order valence-electron chi connectivity index (χ4n) is 1.30. The van der Waals surface area contributed by atoms with Gasteiger partial charge in [0.1, 0.15) is 6.54 Å². The van der Waals surface area contributed by atoms with E-state index < -0.39 is 12.7 Å². The Hall–Kier alpha value is -1.47. The van der Waals surface area contributed by atoms with Crippen molar-refractivity contribution in [2.45, 2.75) is 6.18 Å². The molecule has 0 aliphatic heterocycles. The zero-order chi connectivity index (χ0) is 13.6. The molecule has 0 aromatic heterocycles. The number of alkyl halides is 3. The molecule has 1 aromatic carbocycles. The Morgan fingerprint density at radius 1 is 1.21 bits per heavy atom. The number of para-hydroxylation sites is 2. The lowest BCUT2D eigenvalue weighted by molar-refractivity contribution is -0.115. The Morgan fingerprint density at radius 2 is 1.79 bits per heavy atom. The largest absolute Gasteiger partial charge is 0.405 e. The van der Waals surface area contributed by atoms with E-state index in [-0.39, 0.29) is 30.5 Å². The van der Waals surface area contributed by atoms with Crippen molar-refractivity contribution >= 4 is 29.7 Å². The van der Waals surface area contributed by atoms with Crippen LogP contribution in [0, 0.1) is 0 Å². The minimum Gasteiger partial charge on any atom is -0.375 e. The van der Waals surface area contributed by atoms with Crippen molar-refractivity contribution < 1.29 is 18.0 Å². The van der Waals surface area contributed by atoms with Crippen molar-refractivity contribution in [2.24, 2.45) is 0 Å². The molecule has 0 fully saturated rings. The SMILES string of the molecule is CNCC(=O)Nc1ccccc1NCC(F)(F)F.Cl. The van der Waals surface area contributed by atoms with Crippen molar-refractivity contribution in [1.82, 2.24) is 5.32 Å². The zero-order valence-electron chi connectivity index (χ0n) is 10.2. The van der Waals surface area contributed by atoms with Crippen LogP contribution in [0.2, 0.25) is 0 Å². The average molecular weight is 298 g/mol. The summed E-state index contributed by atoms with van der Waals surface area (Å²) in [6.45, 7) is -1.06. The molecule has 0 bridgehead atoms. The number of hydrogen-bond donors (Lipinski definition) is 3. The second-order valence-corrected chi connectivity index (χ2v) is 3.59. The molecule has 1 aromatic rings. The number of carbonyl (C=O) groups is 1. The van der Waals surface area contributed by atoms with Gasteiger partial charge in [-0.2, -0.15) is 13.2 Å². The van der Waals surface area contributed by atoms with Gasteiger partial charge in [0.15, 0.2) is 0 Å². The van der Waals surface area contributed by atoms with Crippen molar-refractivity contribution in [3.63, 3.8) is 0 Å². The van der Waals surface area contributed by atoms with Gasteiger partial charge in [0.05, 0.1) is 17.9 Å². The lowest BCUT2D eigenvalue weighted by atomic mass is 10.2. The number of nitrogens with one attached hydrogen (secondary N) is 3. The standard InChI is InChI=1S/C11H14F3N3O.ClH/c1-15-6-10(18)17-9-5-3-2-4-8(9)16-7-11(12,13)14;/h2-5,15-16H,6-7H2,1H3,(H,17,18);1H. The van der Waals surface area contributed by atoms with Crippen LogP contribution in [0.25, 0.3) is 0 Å². The maximum absolute atomic E-state index is 12.1. The Morgan fingerprint density at radius 3 is 2.32 bits per heavy atom. The summed E-state index contributed by atoms with van der Waals surface area (Å²) in [5.74, 6) is -0.321. The summed E-state index contributed by atoms with van der Waals surface area (Å²) in [7, 11) is 1.60. The number of anilines is 2. The molecule has 3 N–H and O–H groups in total. The van der Waals surface area contributed by atoms with Gasteiger partial charge in [-0.05, 0) is 19.2 Å². The highest BCUT2D eigenvalue weighted by molar-refractivity contribution is 5.95. The van der Waals surface area contributed by atoms with E-state index in [4.69, 9.17) is 0 Å². The number of halogens is 4. The molecule has 8 heteroatoms. The molecule has 0 spiro atoms. The predicted octanol–water partition coefficient (Wildman–Crippen LogP) is 2.24. The summed E-state index contributed by atoms with van der Waals surface area (Å²) >= 11 is 0. The Bertz CT molecular complexity index is 412. The van der Waals surface area contributed by atoms with E-state index in [1.165, 1.54) is 12.1 Å². The fraction of sp³-hybridized carbons (Fsp3) is 0.364. The third kappa shape index (κ3) is 6.88. The fourth-order valence-corrected chi connectivity index (χ4v) is 1.30. The maximum Gasteiger partial charge on any atom is 0.405 e. The Labute approximate surface area is 115 Å². The zero-order valence-corrected chi connectivity index (χ0v) is 11.0. The molecule has 1 amide bonds. The summed E-state index contributed by atoms with van der Waals surface area (Å²) < 4.78 is 36.3. The molecule has 0 atom stereocenters. The number of hydrogen-bond acceptors (Lipinski definition) is 3. The highest BCUT2D eigenvalue weighted by Gasteiger charge is 2.26. The van der Waals surface area contributed by atoms with Gasteiger partial charge in [0.2, 0.25) is 5.91 Å². The molecular formula is C11H15ClF3N3O. The third-order valence-electron chi connectivity index (χ3n) is 2.02. The maximum atomic E-state index is 12.1. The van der Waals surface area contributed by atoms with Crippen LogP contribution in [0.15, 0.2) is 24.3 Å². The van der Waals surface area contributed by atoms with Crippen molar-refractivity contribution in [2.75, 3.05) is 30.8 Å². The number of rotatable bonds is 5. The quantitative estimate of drug-likeness (QED) is 0.781. The number of likely N-dealkylation sites (N-methyl/N-ethyl adjacent to an activating group) is 1. The molecule has 108 valence electrons. The van der Waals surface area contributed by atoms with Gasteiger partial charge in [-0.15, -0.1) is 12.4 Å². The van der Waals surface area contributed by atoms with Gasteiger partial charge in [-0.1, -0.05) is 12.1 Å². The second kappa shape index (κ2) is 7.85. The third-order valence-corrected chi connectivity index (χ3v) is 2.02. The van der Waals surface area contributed by atoms with E-state index in [0.717, 1.165) is 0 Å². The summed E-state index contributed by atoms with van der Waals surface area (Å²) in [6.07, 6.45) is -4.30. The van der Waals surface area contributed by atoms with Crippen LogP contribution < -0.4 is 16.0 Å². The smallest absolute Gasteiger partial charge is 0.375 e. The molecule has 0 aliphatic rings. The van der Waals surface area contributed by atoms with Gasteiger partial charge >= 0.3 is 6.18 Å². The van der Waals surface area contributed by atoms with Gasteiger partial charge in [0.25, 0.3) is 0 Å². The summed E-state index contributed by atoms with van der Waals surface area (Å²) in [6, 6.07) is 6.23. The monoisotopic (exact) mass is 297 g/mol. The van der Waals surface area contributed by atoms with Crippen LogP contribution in [0.4, 0.5) is 24.5 Å². The van der Waals surface area contributed by atoms with Crippen LogP contribution in [-0.2, 0) is 4.79 Å². The van der Waals surface area contributed by atoms with Crippen molar-refractivity contribution in [3.05, 3.63) is 24.3 Å². The van der Waals surface area contributed by atoms with E-state index in [1.54, 1.807) is 19.2 Å². The molecule has 4 nitrogen and oxygen atoms in total.